The van der Waals surface area contributed by atoms with E-state index in [0.717, 1.165) is 43.4 Å². The van der Waals surface area contributed by atoms with Gasteiger partial charge in [-0.05, 0) is 25.8 Å². The number of benzene rings is 1. The zero-order valence-electron chi connectivity index (χ0n) is 14.4. The Balaban J connectivity index is 2.36. The normalized spacial score (nSPS) is 11.5. The van der Waals surface area contributed by atoms with Crippen molar-refractivity contribution in [1.82, 2.24) is 0 Å². The molecule has 0 atom stereocenters. The Hall–Kier alpha value is -1.81. The summed E-state index contributed by atoms with van der Waals surface area (Å²) in [4.78, 5) is 13.3. The van der Waals surface area contributed by atoms with Crippen LogP contribution in [-0.2, 0) is 6.54 Å². The number of rotatable bonds is 8. The molecule has 126 valence electrons. The highest BCUT2D eigenvalue weighted by molar-refractivity contribution is 5.82. The van der Waals surface area contributed by atoms with Crippen molar-refractivity contribution < 1.29 is 14.4 Å². The number of unbranched alkanes of at least 4 members (excludes halogenated alkanes) is 2. The maximum atomic E-state index is 12.0. The Morgan fingerprint density at radius 1 is 1.09 bits per heavy atom. The molecule has 23 heavy (non-hydrogen) atoms. The van der Waals surface area contributed by atoms with Crippen LogP contribution in [0.25, 0.3) is 11.0 Å². The Kier molecular flexibility index (Phi) is 6.22. The van der Waals surface area contributed by atoms with E-state index < -0.39 is 0 Å². The van der Waals surface area contributed by atoms with E-state index in [1.54, 1.807) is 25.1 Å². The molecule has 1 aromatic carbocycles. The first-order chi connectivity index (χ1) is 11.0. The van der Waals surface area contributed by atoms with E-state index in [-0.39, 0.29) is 11.4 Å². The minimum absolute atomic E-state index is 0.00346. The van der Waals surface area contributed by atoms with E-state index in [4.69, 9.17) is 4.42 Å². The summed E-state index contributed by atoms with van der Waals surface area (Å²) < 4.78 is 5.28. The molecule has 1 aromatic heterocycles. The van der Waals surface area contributed by atoms with Crippen LogP contribution in [0.1, 0.15) is 50.7 Å². The molecule has 0 aliphatic heterocycles. The van der Waals surface area contributed by atoms with Crippen LogP contribution in [-0.4, -0.2) is 13.1 Å². The van der Waals surface area contributed by atoms with Crippen molar-refractivity contribution in [3.8, 4) is 5.75 Å². The summed E-state index contributed by atoms with van der Waals surface area (Å²) in [5.74, 6) is -0.00346. The molecule has 0 radical (unpaired) electrons. The summed E-state index contributed by atoms with van der Waals surface area (Å²) in [6, 6.07) is 4.84. The van der Waals surface area contributed by atoms with Crippen molar-refractivity contribution in [2.45, 2.75) is 53.0 Å². The molecule has 0 aliphatic carbocycles. The lowest BCUT2D eigenvalue weighted by atomic mass is 10.1. The fourth-order valence-corrected chi connectivity index (χ4v) is 2.93. The summed E-state index contributed by atoms with van der Waals surface area (Å²) in [7, 11) is 0. The molecule has 4 nitrogen and oxygen atoms in total. The average molecular weight is 317 g/mol. The second-order valence-electron chi connectivity index (χ2n) is 6.34. The van der Waals surface area contributed by atoms with Gasteiger partial charge in [-0.15, -0.1) is 5.75 Å². The highest BCUT2D eigenvalue weighted by Crippen LogP contribution is 2.23. The first-order valence-electron chi connectivity index (χ1n) is 8.63. The second-order valence-corrected chi connectivity index (χ2v) is 6.34. The highest BCUT2D eigenvalue weighted by Gasteiger charge is 2.13. The zero-order chi connectivity index (χ0) is 16.8. The summed E-state index contributed by atoms with van der Waals surface area (Å²) in [5, 5.41) is 12.8. The minimum atomic E-state index is -0.337. The third-order valence-electron chi connectivity index (χ3n) is 4.33. The van der Waals surface area contributed by atoms with Gasteiger partial charge in [-0.3, -0.25) is 0 Å². The van der Waals surface area contributed by atoms with Crippen LogP contribution < -0.4 is 15.6 Å². The van der Waals surface area contributed by atoms with Crippen molar-refractivity contribution in [2.24, 2.45) is 0 Å². The van der Waals surface area contributed by atoms with Crippen molar-refractivity contribution in [3.63, 3.8) is 0 Å². The Morgan fingerprint density at radius 2 is 1.74 bits per heavy atom. The molecule has 0 aliphatic rings. The molecule has 0 spiro atoms. The van der Waals surface area contributed by atoms with E-state index >= 15 is 0 Å². The van der Waals surface area contributed by atoms with Crippen molar-refractivity contribution in [1.29, 1.82) is 0 Å². The number of hydrogen-bond acceptors (Lipinski definition) is 3. The van der Waals surface area contributed by atoms with Gasteiger partial charge in [0.05, 0.1) is 13.1 Å². The molecule has 1 heterocycles. The SMILES string of the molecule is CCCC[NH+](CCCC)Cc1cc(=O)oc2cc(C)c([O-])cc12. The first-order valence-corrected chi connectivity index (χ1v) is 8.63. The highest BCUT2D eigenvalue weighted by atomic mass is 16.4. The Morgan fingerprint density at radius 3 is 2.35 bits per heavy atom. The predicted molar refractivity (Wildman–Crippen MR) is 90.9 cm³/mol. The summed E-state index contributed by atoms with van der Waals surface area (Å²) in [5.41, 5.74) is 1.72. The van der Waals surface area contributed by atoms with Gasteiger partial charge in [0.25, 0.3) is 0 Å². The quantitative estimate of drug-likeness (QED) is 0.759. The van der Waals surface area contributed by atoms with Crippen molar-refractivity contribution in [3.05, 3.63) is 39.7 Å². The van der Waals surface area contributed by atoms with Gasteiger partial charge in [0, 0.05) is 17.0 Å². The van der Waals surface area contributed by atoms with E-state index in [1.807, 2.05) is 0 Å². The smallest absolute Gasteiger partial charge is 0.336 e. The maximum absolute atomic E-state index is 12.0. The van der Waals surface area contributed by atoms with Gasteiger partial charge in [-0.2, -0.15) is 0 Å². The fraction of sp³-hybridized carbons (Fsp3) is 0.526. The lowest BCUT2D eigenvalue weighted by Gasteiger charge is -2.20. The van der Waals surface area contributed by atoms with Gasteiger partial charge in [-0.25, -0.2) is 4.79 Å². The van der Waals surface area contributed by atoms with Crippen LogP contribution in [0.4, 0.5) is 0 Å². The molecule has 0 saturated carbocycles. The van der Waals surface area contributed by atoms with Crippen LogP contribution in [0.5, 0.6) is 5.75 Å². The van der Waals surface area contributed by atoms with Gasteiger partial charge in [0.2, 0.25) is 0 Å². The minimum Gasteiger partial charge on any atom is -0.872 e. The van der Waals surface area contributed by atoms with Gasteiger partial charge < -0.3 is 14.4 Å². The molecule has 0 fully saturated rings. The standard InChI is InChI=1S/C19H27NO3/c1-4-6-8-20(9-7-5-2)13-15-11-19(22)23-18-10-14(3)17(21)12-16(15)18/h10-12,21H,4-9,13H2,1-3H3. The number of hydrogen-bond donors (Lipinski definition) is 1. The lowest BCUT2D eigenvalue weighted by Crippen LogP contribution is -3.10. The van der Waals surface area contributed by atoms with Crippen molar-refractivity contribution >= 4 is 11.0 Å². The van der Waals surface area contributed by atoms with Crippen LogP contribution in [0.3, 0.4) is 0 Å². The Labute approximate surface area is 137 Å². The summed E-state index contributed by atoms with van der Waals surface area (Å²) >= 11 is 0. The van der Waals surface area contributed by atoms with E-state index in [2.05, 4.69) is 13.8 Å². The molecular formula is C19H27NO3. The van der Waals surface area contributed by atoms with Crippen molar-refractivity contribution in [2.75, 3.05) is 13.1 Å². The molecule has 0 bridgehead atoms. The van der Waals surface area contributed by atoms with Crippen LogP contribution >= 0.6 is 0 Å². The molecule has 2 aromatic rings. The van der Waals surface area contributed by atoms with Gasteiger partial charge in [0.15, 0.2) is 0 Å². The average Bonchev–Trinajstić information content (AvgIpc) is 2.51. The zero-order valence-corrected chi connectivity index (χ0v) is 14.4. The molecule has 4 heteroatoms. The molecular weight excluding hydrogens is 290 g/mol. The van der Waals surface area contributed by atoms with Gasteiger partial charge in [-0.1, -0.05) is 38.3 Å². The second kappa shape index (κ2) is 8.16. The van der Waals surface area contributed by atoms with Crippen LogP contribution in [0, 0.1) is 6.92 Å². The third kappa shape index (κ3) is 4.58. The molecule has 1 N–H and O–H groups in total. The number of fused-ring (bicyclic) bond motifs is 1. The first kappa shape index (κ1) is 17.5. The predicted octanol–water partition coefficient (Wildman–Crippen LogP) is 2.16. The van der Waals surface area contributed by atoms with Gasteiger partial charge >= 0.3 is 5.63 Å². The molecule has 0 amide bonds. The van der Waals surface area contributed by atoms with E-state index in [1.165, 1.54) is 17.7 Å². The third-order valence-corrected chi connectivity index (χ3v) is 4.33. The van der Waals surface area contributed by atoms with Crippen LogP contribution in [0.15, 0.2) is 27.4 Å². The summed E-state index contributed by atoms with van der Waals surface area (Å²) in [6.45, 7) is 9.08. The van der Waals surface area contributed by atoms with E-state index in [9.17, 15) is 9.90 Å². The number of quaternary nitrogens is 1. The topological polar surface area (TPSA) is 57.7 Å². The maximum Gasteiger partial charge on any atom is 0.336 e. The molecule has 0 saturated heterocycles. The largest absolute Gasteiger partial charge is 0.872 e. The lowest BCUT2D eigenvalue weighted by molar-refractivity contribution is -0.914. The van der Waals surface area contributed by atoms with Crippen LogP contribution in [0.2, 0.25) is 0 Å². The Bertz CT molecular complexity index is 698. The van der Waals surface area contributed by atoms with Gasteiger partial charge in [0.1, 0.15) is 12.1 Å². The number of aryl methyl sites for hydroxylation is 1. The fourth-order valence-electron chi connectivity index (χ4n) is 2.93. The van der Waals surface area contributed by atoms with E-state index in [0.29, 0.717) is 11.1 Å². The molecule has 2 rings (SSSR count). The number of nitrogens with one attached hydrogen (secondary N) is 1. The summed E-state index contributed by atoms with van der Waals surface area (Å²) in [6.07, 6.45) is 4.67. The monoisotopic (exact) mass is 317 g/mol. The molecule has 0 unspecified atom stereocenters.